The van der Waals surface area contributed by atoms with Crippen molar-refractivity contribution in [3.63, 3.8) is 0 Å². The summed E-state index contributed by atoms with van der Waals surface area (Å²) in [6.45, 7) is 2.99. The zero-order valence-corrected chi connectivity index (χ0v) is 9.56. The van der Waals surface area contributed by atoms with E-state index >= 15 is 0 Å². The predicted molar refractivity (Wildman–Crippen MR) is 61.2 cm³/mol. The highest BCUT2D eigenvalue weighted by Crippen LogP contribution is 2.29. The Hall–Kier alpha value is -0.900. The highest BCUT2D eigenvalue weighted by Gasteiger charge is 2.35. The number of aliphatic hydroxyl groups is 1. The summed E-state index contributed by atoms with van der Waals surface area (Å²) in [6, 6.07) is 10.0. The van der Waals surface area contributed by atoms with Gasteiger partial charge in [0.05, 0.1) is 19.8 Å². The third kappa shape index (κ3) is 2.26. The van der Waals surface area contributed by atoms with E-state index in [-0.39, 0.29) is 12.7 Å². The minimum atomic E-state index is -0.495. The molecule has 3 nitrogen and oxygen atoms in total. The van der Waals surface area contributed by atoms with Gasteiger partial charge in [0.15, 0.2) is 0 Å². The molecule has 1 heterocycles. The van der Waals surface area contributed by atoms with Gasteiger partial charge in [-0.3, -0.25) is 0 Å². The van der Waals surface area contributed by atoms with Crippen LogP contribution >= 0.6 is 0 Å². The van der Waals surface area contributed by atoms with Crippen LogP contribution in [-0.4, -0.2) is 30.5 Å². The van der Waals surface area contributed by atoms with Gasteiger partial charge in [-0.25, -0.2) is 0 Å². The first-order valence-corrected chi connectivity index (χ1v) is 5.71. The molecule has 88 valence electrons. The van der Waals surface area contributed by atoms with Crippen molar-refractivity contribution in [1.82, 2.24) is 0 Å². The maximum Gasteiger partial charge on any atom is 0.114 e. The van der Waals surface area contributed by atoms with Gasteiger partial charge < -0.3 is 14.6 Å². The summed E-state index contributed by atoms with van der Waals surface area (Å²) >= 11 is 0. The maximum atomic E-state index is 9.29. The summed E-state index contributed by atoms with van der Waals surface area (Å²) < 4.78 is 11.5. The molecular weight excluding hydrogens is 204 g/mol. The van der Waals surface area contributed by atoms with Crippen molar-refractivity contribution in [2.24, 2.45) is 0 Å². The fourth-order valence-corrected chi connectivity index (χ4v) is 1.86. The van der Waals surface area contributed by atoms with E-state index in [1.54, 1.807) is 0 Å². The van der Waals surface area contributed by atoms with Crippen LogP contribution in [0, 0.1) is 0 Å². The number of hydrogen-bond donors (Lipinski definition) is 1. The normalized spacial score (nSPS) is 30.2. The average molecular weight is 222 g/mol. The number of hydrogen-bond acceptors (Lipinski definition) is 3. The summed E-state index contributed by atoms with van der Waals surface area (Å²) in [7, 11) is 0. The topological polar surface area (TPSA) is 38.7 Å². The van der Waals surface area contributed by atoms with Gasteiger partial charge in [-0.1, -0.05) is 37.3 Å². The molecule has 0 spiro atoms. The Morgan fingerprint density at radius 1 is 1.38 bits per heavy atom. The highest BCUT2D eigenvalue weighted by molar-refractivity contribution is 5.18. The van der Waals surface area contributed by atoms with E-state index in [1.807, 2.05) is 37.3 Å². The minimum absolute atomic E-state index is 0.00701. The first kappa shape index (κ1) is 11.6. The molecule has 3 heteroatoms. The summed E-state index contributed by atoms with van der Waals surface area (Å²) in [5, 5.41) is 9.29. The van der Waals surface area contributed by atoms with Gasteiger partial charge in [0.25, 0.3) is 0 Å². The molecule has 0 radical (unpaired) electrons. The van der Waals surface area contributed by atoms with Crippen LogP contribution in [0.15, 0.2) is 30.3 Å². The molecule has 2 atom stereocenters. The van der Waals surface area contributed by atoms with Crippen LogP contribution in [0.25, 0.3) is 0 Å². The van der Waals surface area contributed by atoms with Gasteiger partial charge in [-0.2, -0.15) is 0 Å². The SMILES string of the molecule is CCC1(CO)COC(c2ccccc2)CO1. The van der Waals surface area contributed by atoms with Crippen molar-refractivity contribution in [1.29, 1.82) is 0 Å². The number of benzene rings is 1. The van der Waals surface area contributed by atoms with Crippen molar-refractivity contribution >= 4 is 0 Å². The van der Waals surface area contributed by atoms with E-state index < -0.39 is 5.60 Å². The first-order valence-electron chi connectivity index (χ1n) is 5.71. The zero-order valence-electron chi connectivity index (χ0n) is 9.56. The lowest BCUT2D eigenvalue weighted by atomic mass is 10.0. The molecule has 1 N–H and O–H groups in total. The lowest BCUT2D eigenvalue weighted by Crippen LogP contribution is -2.46. The summed E-state index contributed by atoms with van der Waals surface area (Å²) in [5.74, 6) is 0. The largest absolute Gasteiger partial charge is 0.393 e. The highest BCUT2D eigenvalue weighted by atomic mass is 16.6. The van der Waals surface area contributed by atoms with E-state index in [2.05, 4.69) is 0 Å². The monoisotopic (exact) mass is 222 g/mol. The molecule has 1 aromatic carbocycles. The van der Waals surface area contributed by atoms with Crippen molar-refractivity contribution in [2.45, 2.75) is 25.0 Å². The molecule has 1 aromatic rings. The van der Waals surface area contributed by atoms with Crippen LogP contribution in [0.5, 0.6) is 0 Å². The zero-order chi connectivity index (χ0) is 11.4. The number of ether oxygens (including phenoxy) is 2. The average Bonchev–Trinajstić information content (AvgIpc) is 2.40. The smallest absolute Gasteiger partial charge is 0.114 e. The Morgan fingerprint density at radius 2 is 2.12 bits per heavy atom. The second-order valence-electron chi connectivity index (χ2n) is 4.22. The Labute approximate surface area is 96.0 Å². The van der Waals surface area contributed by atoms with Crippen molar-refractivity contribution < 1.29 is 14.6 Å². The van der Waals surface area contributed by atoms with Crippen LogP contribution in [0.2, 0.25) is 0 Å². The quantitative estimate of drug-likeness (QED) is 0.849. The lowest BCUT2D eigenvalue weighted by Gasteiger charge is -2.38. The molecule has 1 aliphatic rings. The molecule has 16 heavy (non-hydrogen) atoms. The molecule has 0 amide bonds. The van der Waals surface area contributed by atoms with Gasteiger partial charge in [-0.05, 0) is 12.0 Å². The van der Waals surface area contributed by atoms with E-state index in [4.69, 9.17) is 9.47 Å². The molecule has 0 saturated carbocycles. The Kier molecular flexibility index (Phi) is 3.59. The second-order valence-corrected chi connectivity index (χ2v) is 4.22. The van der Waals surface area contributed by atoms with Crippen molar-refractivity contribution in [3.8, 4) is 0 Å². The molecule has 1 fully saturated rings. The van der Waals surface area contributed by atoms with E-state index in [9.17, 15) is 5.11 Å². The molecule has 1 aliphatic heterocycles. The van der Waals surface area contributed by atoms with Crippen LogP contribution in [0.1, 0.15) is 25.0 Å². The predicted octanol–water partition coefficient (Wildman–Crippen LogP) is 1.92. The molecular formula is C13H18O3. The molecule has 2 unspecified atom stereocenters. The Bertz CT molecular complexity index is 309. The number of rotatable bonds is 3. The van der Waals surface area contributed by atoms with Crippen molar-refractivity contribution in [2.75, 3.05) is 19.8 Å². The minimum Gasteiger partial charge on any atom is -0.393 e. The summed E-state index contributed by atoms with van der Waals surface area (Å²) in [4.78, 5) is 0. The first-order chi connectivity index (χ1) is 7.79. The lowest BCUT2D eigenvalue weighted by molar-refractivity contribution is -0.207. The van der Waals surface area contributed by atoms with Crippen LogP contribution in [0.4, 0.5) is 0 Å². The number of aliphatic hydroxyl groups excluding tert-OH is 1. The van der Waals surface area contributed by atoms with Gasteiger partial charge in [0.1, 0.15) is 11.7 Å². The van der Waals surface area contributed by atoms with E-state index in [0.29, 0.717) is 13.2 Å². The van der Waals surface area contributed by atoms with E-state index in [0.717, 1.165) is 12.0 Å². The molecule has 2 rings (SSSR count). The van der Waals surface area contributed by atoms with Crippen molar-refractivity contribution in [3.05, 3.63) is 35.9 Å². The third-order valence-corrected chi connectivity index (χ3v) is 3.19. The molecule has 0 bridgehead atoms. The van der Waals surface area contributed by atoms with Gasteiger partial charge in [0.2, 0.25) is 0 Å². The van der Waals surface area contributed by atoms with E-state index in [1.165, 1.54) is 0 Å². The van der Waals surface area contributed by atoms with Crippen LogP contribution in [-0.2, 0) is 9.47 Å². The Balaban J connectivity index is 2.00. The van der Waals surface area contributed by atoms with Gasteiger partial charge in [0, 0.05) is 0 Å². The summed E-state index contributed by atoms with van der Waals surface area (Å²) in [6.07, 6.45) is 0.762. The third-order valence-electron chi connectivity index (χ3n) is 3.19. The molecule has 1 saturated heterocycles. The fourth-order valence-electron chi connectivity index (χ4n) is 1.86. The van der Waals surface area contributed by atoms with Gasteiger partial charge in [-0.15, -0.1) is 0 Å². The second kappa shape index (κ2) is 4.95. The van der Waals surface area contributed by atoms with Gasteiger partial charge >= 0.3 is 0 Å². The maximum absolute atomic E-state index is 9.29. The van der Waals surface area contributed by atoms with Crippen LogP contribution < -0.4 is 0 Å². The molecule has 0 aromatic heterocycles. The Morgan fingerprint density at radius 3 is 2.62 bits per heavy atom. The standard InChI is InChI=1S/C13H18O3/c1-2-13(9-14)10-15-12(8-16-13)11-6-4-3-5-7-11/h3-7,12,14H,2,8-10H2,1H3. The fraction of sp³-hybridized carbons (Fsp3) is 0.538. The summed E-state index contributed by atoms with van der Waals surface area (Å²) in [5.41, 5.74) is 0.635. The van der Waals surface area contributed by atoms with Crippen LogP contribution in [0.3, 0.4) is 0 Å². The molecule has 0 aliphatic carbocycles.